The minimum absolute atomic E-state index is 0.0401. The first-order valence-electron chi connectivity index (χ1n) is 12.9. The third-order valence-electron chi connectivity index (χ3n) is 7.32. The van der Waals surface area contributed by atoms with E-state index in [1.807, 2.05) is 48.0 Å². The van der Waals surface area contributed by atoms with Crippen LogP contribution in [0.4, 0.5) is 0 Å². The zero-order valence-corrected chi connectivity index (χ0v) is 22.8. The maximum absolute atomic E-state index is 12.9. The van der Waals surface area contributed by atoms with Crippen molar-refractivity contribution < 1.29 is 19.4 Å². The van der Waals surface area contributed by atoms with Gasteiger partial charge in [-0.3, -0.25) is 4.68 Å². The number of halogens is 1. The van der Waals surface area contributed by atoms with Crippen molar-refractivity contribution in [1.82, 2.24) is 19.7 Å². The van der Waals surface area contributed by atoms with Gasteiger partial charge in [0.2, 0.25) is 0 Å². The summed E-state index contributed by atoms with van der Waals surface area (Å²) in [6.07, 6.45) is 3.05. The predicted molar refractivity (Wildman–Crippen MR) is 148 cm³/mol. The number of hydrogen-bond donors (Lipinski definition) is 2. The molecule has 9 heteroatoms. The van der Waals surface area contributed by atoms with Gasteiger partial charge in [-0.15, -0.1) is 0 Å². The molecule has 0 amide bonds. The summed E-state index contributed by atoms with van der Waals surface area (Å²) >= 11 is 6.94. The van der Waals surface area contributed by atoms with Crippen molar-refractivity contribution in [2.45, 2.75) is 45.3 Å². The predicted octanol–water partition coefficient (Wildman–Crippen LogP) is 4.65. The number of methoxy groups -OCH3 is 2. The molecule has 200 valence electrons. The molecule has 0 saturated heterocycles. The molecule has 8 nitrogen and oxygen atoms in total. The molecule has 1 aliphatic rings. The third-order valence-corrected chi connectivity index (χ3v) is 7.63. The molecule has 0 bridgehead atoms. The van der Waals surface area contributed by atoms with Gasteiger partial charge in [0.15, 0.2) is 0 Å². The standard InChI is InChI=1S/C29H33ClN4O4/c1-33-27-21(20(6-5-15-35)28(33)29(36)38-3)12-13-22(30)25(27)26-23(32-34-14-4-7-24(26)34)17-31-16-18-8-10-19(37-2)11-9-18/h8-13,31,35H,4-7,14-17H2,1-3H3. The Morgan fingerprint density at radius 3 is 2.63 bits per heavy atom. The number of nitrogens with one attached hydrogen (secondary N) is 1. The van der Waals surface area contributed by atoms with Crippen LogP contribution in [0.2, 0.25) is 5.02 Å². The van der Waals surface area contributed by atoms with Crippen LogP contribution >= 0.6 is 11.6 Å². The number of aryl methyl sites for hydroxylation is 3. The van der Waals surface area contributed by atoms with E-state index < -0.39 is 5.97 Å². The number of aliphatic hydroxyl groups excluding tert-OH is 1. The summed E-state index contributed by atoms with van der Waals surface area (Å²) in [7, 11) is 4.93. The Morgan fingerprint density at radius 2 is 1.92 bits per heavy atom. The lowest BCUT2D eigenvalue weighted by molar-refractivity contribution is 0.0589. The van der Waals surface area contributed by atoms with Crippen molar-refractivity contribution in [3.8, 4) is 16.9 Å². The molecule has 0 saturated carbocycles. The molecule has 1 aliphatic heterocycles. The lowest BCUT2D eigenvalue weighted by Crippen LogP contribution is -2.14. The van der Waals surface area contributed by atoms with Crippen molar-refractivity contribution in [2.24, 2.45) is 7.05 Å². The number of fused-ring (bicyclic) bond motifs is 2. The minimum atomic E-state index is -0.402. The van der Waals surface area contributed by atoms with Gasteiger partial charge < -0.3 is 24.5 Å². The minimum Gasteiger partial charge on any atom is -0.497 e. The van der Waals surface area contributed by atoms with E-state index in [0.717, 1.165) is 64.0 Å². The Balaban J connectivity index is 1.60. The molecule has 0 radical (unpaired) electrons. The first-order valence-corrected chi connectivity index (χ1v) is 13.3. The maximum Gasteiger partial charge on any atom is 0.354 e. The van der Waals surface area contributed by atoms with E-state index in [9.17, 15) is 9.90 Å². The van der Waals surface area contributed by atoms with E-state index in [-0.39, 0.29) is 6.61 Å². The fourth-order valence-corrected chi connectivity index (χ4v) is 5.82. The number of hydrogen-bond acceptors (Lipinski definition) is 6. The van der Waals surface area contributed by atoms with Crippen molar-refractivity contribution in [3.05, 3.63) is 69.6 Å². The monoisotopic (exact) mass is 536 g/mol. The molecule has 0 fully saturated rings. The summed E-state index contributed by atoms with van der Waals surface area (Å²) in [5.41, 5.74) is 7.40. The SMILES string of the molecule is COC(=O)c1c(CCCO)c2ccc(Cl)c(-c3c(CNCc4ccc(OC)cc4)nn4c3CCC4)c2n1C. The van der Waals surface area contributed by atoms with Crippen molar-refractivity contribution in [3.63, 3.8) is 0 Å². The average molecular weight is 537 g/mol. The summed E-state index contributed by atoms with van der Waals surface area (Å²) in [6, 6.07) is 11.9. The zero-order valence-electron chi connectivity index (χ0n) is 22.0. The van der Waals surface area contributed by atoms with E-state index in [2.05, 4.69) is 10.00 Å². The zero-order chi connectivity index (χ0) is 26.8. The molecular formula is C29H33ClN4O4. The van der Waals surface area contributed by atoms with Gasteiger partial charge >= 0.3 is 5.97 Å². The molecule has 3 heterocycles. The number of benzene rings is 2. The van der Waals surface area contributed by atoms with Crippen molar-refractivity contribution in [1.29, 1.82) is 0 Å². The Hall–Kier alpha value is -3.33. The van der Waals surface area contributed by atoms with Gasteiger partial charge in [-0.05, 0) is 55.0 Å². The van der Waals surface area contributed by atoms with Gasteiger partial charge in [0, 0.05) is 55.5 Å². The van der Waals surface area contributed by atoms with E-state index >= 15 is 0 Å². The van der Waals surface area contributed by atoms with Crippen LogP contribution in [0, 0.1) is 0 Å². The Kier molecular flexibility index (Phi) is 7.74. The van der Waals surface area contributed by atoms with Crippen LogP contribution in [-0.4, -0.2) is 46.2 Å². The number of rotatable bonds is 10. The Labute approximate surface area is 227 Å². The van der Waals surface area contributed by atoms with Crippen LogP contribution in [0.5, 0.6) is 5.75 Å². The van der Waals surface area contributed by atoms with E-state index in [1.165, 1.54) is 12.8 Å². The van der Waals surface area contributed by atoms with E-state index in [1.54, 1.807) is 7.11 Å². The summed E-state index contributed by atoms with van der Waals surface area (Å²) in [5, 5.41) is 19.6. The van der Waals surface area contributed by atoms with Crippen LogP contribution in [0.15, 0.2) is 36.4 Å². The highest BCUT2D eigenvalue weighted by molar-refractivity contribution is 6.35. The summed E-state index contributed by atoms with van der Waals surface area (Å²) < 4.78 is 14.4. The van der Waals surface area contributed by atoms with Crippen LogP contribution in [-0.2, 0) is 44.3 Å². The second kappa shape index (κ2) is 11.2. The molecule has 0 unspecified atom stereocenters. The molecule has 2 aromatic heterocycles. The lowest BCUT2D eigenvalue weighted by Gasteiger charge is -2.13. The van der Waals surface area contributed by atoms with Gasteiger partial charge in [-0.2, -0.15) is 5.10 Å². The third kappa shape index (κ3) is 4.68. The van der Waals surface area contributed by atoms with Gasteiger partial charge in [0.1, 0.15) is 11.4 Å². The number of ether oxygens (including phenoxy) is 2. The van der Waals surface area contributed by atoms with Gasteiger partial charge in [0.05, 0.1) is 30.5 Å². The smallest absolute Gasteiger partial charge is 0.354 e. The normalized spacial score (nSPS) is 12.8. The van der Waals surface area contributed by atoms with Crippen molar-refractivity contribution >= 4 is 28.5 Å². The number of carbonyl (C=O) groups is 1. The molecule has 38 heavy (non-hydrogen) atoms. The quantitative estimate of drug-likeness (QED) is 0.287. The highest BCUT2D eigenvalue weighted by Crippen LogP contribution is 2.43. The van der Waals surface area contributed by atoms with Crippen molar-refractivity contribution in [2.75, 3.05) is 20.8 Å². The highest BCUT2D eigenvalue weighted by Gasteiger charge is 2.29. The summed E-state index contributed by atoms with van der Waals surface area (Å²) in [6.45, 7) is 2.17. The second-order valence-electron chi connectivity index (χ2n) is 9.57. The maximum atomic E-state index is 12.9. The van der Waals surface area contributed by atoms with Crippen LogP contribution < -0.4 is 10.1 Å². The van der Waals surface area contributed by atoms with E-state index in [4.69, 9.17) is 26.2 Å². The summed E-state index contributed by atoms with van der Waals surface area (Å²) in [5.74, 6) is 0.428. The van der Waals surface area contributed by atoms with Crippen LogP contribution in [0.1, 0.15) is 45.8 Å². The summed E-state index contributed by atoms with van der Waals surface area (Å²) in [4.78, 5) is 12.9. The molecule has 4 aromatic rings. The first kappa shape index (κ1) is 26.3. The Morgan fingerprint density at radius 1 is 1.13 bits per heavy atom. The van der Waals surface area contributed by atoms with Gasteiger partial charge in [-0.25, -0.2) is 4.79 Å². The van der Waals surface area contributed by atoms with Gasteiger partial charge in [-0.1, -0.05) is 29.8 Å². The Bertz CT molecular complexity index is 1470. The largest absolute Gasteiger partial charge is 0.497 e. The fraction of sp³-hybridized carbons (Fsp3) is 0.379. The van der Waals surface area contributed by atoms with E-state index in [0.29, 0.717) is 36.6 Å². The van der Waals surface area contributed by atoms with Crippen LogP contribution in [0.25, 0.3) is 22.0 Å². The number of aliphatic hydroxyl groups is 1. The molecule has 0 atom stereocenters. The van der Waals surface area contributed by atoms with Crippen LogP contribution in [0.3, 0.4) is 0 Å². The highest BCUT2D eigenvalue weighted by atomic mass is 35.5. The molecule has 2 aromatic carbocycles. The number of carbonyl (C=O) groups excluding carboxylic acids is 1. The molecule has 0 aliphatic carbocycles. The number of nitrogens with zero attached hydrogens (tertiary/aromatic N) is 3. The second-order valence-corrected chi connectivity index (χ2v) is 9.98. The molecule has 2 N–H and O–H groups in total. The molecule has 5 rings (SSSR count). The topological polar surface area (TPSA) is 90.5 Å². The number of aromatic nitrogens is 3. The number of esters is 1. The average Bonchev–Trinajstić information content (AvgIpc) is 3.59. The first-order chi connectivity index (χ1) is 18.5. The van der Waals surface area contributed by atoms with Gasteiger partial charge in [0.25, 0.3) is 0 Å². The molecule has 0 spiro atoms. The fourth-order valence-electron chi connectivity index (χ4n) is 5.57. The lowest BCUT2D eigenvalue weighted by atomic mass is 9.97. The molecular weight excluding hydrogens is 504 g/mol.